The molecule has 0 saturated heterocycles. The van der Waals surface area contributed by atoms with Gasteiger partial charge in [-0.2, -0.15) is 5.26 Å². The van der Waals surface area contributed by atoms with E-state index in [0.29, 0.717) is 18.7 Å². The summed E-state index contributed by atoms with van der Waals surface area (Å²) in [6, 6.07) is 9.38. The molecule has 23 heavy (non-hydrogen) atoms. The molecule has 1 N–H and O–H groups in total. The van der Waals surface area contributed by atoms with Crippen LogP contribution in [-0.4, -0.2) is 35.2 Å². The van der Waals surface area contributed by atoms with E-state index in [2.05, 4.69) is 11.4 Å². The van der Waals surface area contributed by atoms with Crippen LogP contribution in [0.2, 0.25) is 0 Å². The van der Waals surface area contributed by atoms with Crippen molar-refractivity contribution in [3.8, 4) is 6.07 Å². The number of nitriles is 1. The fourth-order valence-electron chi connectivity index (χ4n) is 2.03. The zero-order valence-electron chi connectivity index (χ0n) is 14.9. The third kappa shape index (κ3) is 6.60. The van der Waals surface area contributed by atoms with Gasteiger partial charge in [0, 0.05) is 24.3 Å². The Morgan fingerprint density at radius 2 is 1.91 bits per heavy atom. The lowest BCUT2D eigenvalue weighted by Gasteiger charge is -2.37. The van der Waals surface area contributed by atoms with Crippen LogP contribution < -0.4 is 5.32 Å². The molecular weight excluding hydrogens is 290 g/mol. The average Bonchev–Trinajstić information content (AvgIpc) is 2.40. The van der Waals surface area contributed by atoms with Crippen molar-refractivity contribution in [2.45, 2.75) is 52.7 Å². The van der Waals surface area contributed by atoms with E-state index in [9.17, 15) is 4.79 Å². The number of carbonyl (C=O) groups is 1. The third-order valence-corrected chi connectivity index (χ3v) is 3.08. The van der Waals surface area contributed by atoms with Gasteiger partial charge in [-0.05, 0) is 59.7 Å². The number of anilines is 1. The molecule has 1 aromatic carbocycles. The van der Waals surface area contributed by atoms with E-state index in [0.717, 1.165) is 5.69 Å². The van der Waals surface area contributed by atoms with Crippen molar-refractivity contribution in [2.75, 3.05) is 18.4 Å². The van der Waals surface area contributed by atoms with Crippen molar-refractivity contribution in [1.29, 1.82) is 5.26 Å². The third-order valence-electron chi connectivity index (χ3n) is 3.08. The summed E-state index contributed by atoms with van der Waals surface area (Å²) >= 11 is 0. The summed E-state index contributed by atoms with van der Waals surface area (Å²) in [7, 11) is 0. The minimum absolute atomic E-state index is 0.322. The predicted octanol–water partition coefficient (Wildman–Crippen LogP) is 4.01. The Hall–Kier alpha value is -2.22. The van der Waals surface area contributed by atoms with Gasteiger partial charge in [-0.1, -0.05) is 6.07 Å². The highest BCUT2D eigenvalue weighted by atomic mass is 16.6. The van der Waals surface area contributed by atoms with Gasteiger partial charge in [0.1, 0.15) is 5.60 Å². The molecule has 0 radical (unpaired) electrons. The van der Waals surface area contributed by atoms with Crippen LogP contribution in [0.15, 0.2) is 24.3 Å². The second-order valence-electron chi connectivity index (χ2n) is 7.42. The smallest absolute Gasteiger partial charge is 0.410 e. The standard InChI is InChI=1S/C18H27N3O2/c1-17(2,3)21(16(22)23-18(4,5)6)11-10-20-15-9-7-8-14(12-15)13-19/h7-9,12,20H,10-11H2,1-6H3. The molecular formula is C18H27N3O2. The zero-order valence-corrected chi connectivity index (χ0v) is 14.9. The lowest BCUT2D eigenvalue weighted by Crippen LogP contribution is -2.49. The van der Waals surface area contributed by atoms with Crippen molar-refractivity contribution < 1.29 is 9.53 Å². The molecule has 5 nitrogen and oxygen atoms in total. The maximum Gasteiger partial charge on any atom is 0.410 e. The zero-order chi connectivity index (χ0) is 17.7. The van der Waals surface area contributed by atoms with E-state index in [4.69, 9.17) is 10.00 Å². The van der Waals surface area contributed by atoms with Crippen LogP contribution in [0.4, 0.5) is 10.5 Å². The average molecular weight is 317 g/mol. The second-order valence-corrected chi connectivity index (χ2v) is 7.42. The van der Waals surface area contributed by atoms with Gasteiger partial charge in [0.15, 0.2) is 0 Å². The maximum atomic E-state index is 12.4. The molecule has 0 fully saturated rings. The van der Waals surface area contributed by atoms with Crippen LogP contribution in [-0.2, 0) is 4.74 Å². The summed E-state index contributed by atoms with van der Waals surface area (Å²) in [5.41, 5.74) is 0.616. The number of rotatable bonds is 4. The Bertz CT molecular complexity index is 577. The number of nitrogens with one attached hydrogen (secondary N) is 1. The Morgan fingerprint density at radius 3 is 2.43 bits per heavy atom. The molecule has 0 aliphatic rings. The molecule has 126 valence electrons. The second kappa shape index (κ2) is 7.36. The monoisotopic (exact) mass is 317 g/mol. The number of ether oxygens (including phenoxy) is 1. The van der Waals surface area contributed by atoms with Gasteiger partial charge in [-0.3, -0.25) is 0 Å². The molecule has 0 aliphatic heterocycles. The van der Waals surface area contributed by atoms with Crippen molar-refractivity contribution in [3.05, 3.63) is 29.8 Å². The lowest BCUT2D eigenvalue weighted by atomic mass is 10.1. The SMILES string of the molecule is CC(C)(C)OC(=O)N(CCNc1cccc(C#N)c1)C(C)(C)C. The highest BCUT2D eigenvalue weighted by Gasteiger charge is 2.30. The van der Waals surface area contributed by atoms with Crippen molar-refractivity contribution in [3.63, 3.8) is 0 Å². The van der Waals surface area contributed by atoms with Gasteiger partial charge in [0.05, 0.1) is 11.6 Å². The van der Waals surface area contributed by atoms with Crippen LogP contribution in [0.25, 0.3) is 0 Å². The van der Waals surface area contributed by atoms with Gasteiger partial charge < -0.3 is 15.0 Å². The van der Waals surface area contributed by atoms with E-state index in [1.54, 1.807) is 17.0 Å². The first-order valence-corrected chi connectivity index (χ1v) is 7.77. The van der Waals surface area contributed by atoms with Crippen molar-refractivity contribution >= 4 is 11.8 Å². The van der Waals surface area contributed by atoms with Crippen molar-refractivity contribution in [1.82, 2.24) is 4.90 Å². The van der Waals surface area contributed by atoms with Crippen LogP contribution >= 0.6 is 0 Å². The predicted molar refractivity (Wildman–Crippen MR) is 92.3 cm³/mol. The lowest BCUT2D eigenvalue weighted by molar-refractivity contribution is 0.00749. The number of hydrogen-bond acceptors (Lipinski definition) is 4. The number of benzene rings is 1. The molecule has 1 amide bonds. The topological polar surface area (TPSA) is 65.4 Å². The molecule has 0 saturated carbocycles. The Kier molecular flexibility index (Phi) is 6.03. The van der Waals surface area contributed by atoms with Crippen LogP contribution in [0.1, 0.15) is 47.1 Å². The number of amides is 1. The molecule has 0 spiro atoms. The highest BCUT2D eigenvalue weighted by Crippen LogP contribution is 2.18. The van der Waals surface area contributed by atoms with E-state index in [1.807, 2.05) is 53.7 Å². The number of hydrogen-bond donors (Lipinski definition) is 1. The first-order chi connectivity index (χ1) is 10.5. The Balaban J connectivity index is 2.68. The van der Waals surface area contributed by atoms with Crippen LogP contribution in [0.3, 0.4) is 0 Å². The molecule has 0 atom stereocenters. The summed E-state index contributed by atoms with van der Waals surface area (Å²) in [6.45, 7) is 12.6. The van der Waals surface area contributed by atoms with Gasteiger partial charge in [0.2, 0.25) is 0 Å². The molecule has 1 aromatic rings. The highest BCUT2D eigenvalue weighted by molar-refractivity contribution is 5.69. The Labute approximate surface area is 139 Å². The van der Waals surface area contributed by atoms with Gasteiger partial charge in [-0.15, -0.1) is 0 Å². The first-order valence-electron chi connectivity index (χ1n) is 7.77. The number of carbonyl (C=O) groups excluding carboxylic acids is 1. The van der Waals surface area contributed by atoms with Gasteiger partial charge in [0.25, 0.3) is 0 Å². The number of nitrogens with zero attached hydrogens (tertiary/aromatic N) is 2. The molecule has 0 unspecified atom stereocenters. The van der Waals surface area contributed by atoms with Gasteiger partial charge >= 0.3 is 6.09 Å². The summed E-state index contributed by atoms with van der Waals surface area (Å²) in [5.74, 6) is 0. The minimum atomic E-state index is -0.519. The molecule has 0 heterocycles. The molecule has 5 heteroatoms. The molecule has 0 bridgehead atoms. The maximum absolute atomic E-state index is 12.4. The van der Waals surface area contributed by atoms with Crippen LogP contribution in [0.5, 0.6) is 0 Å². The normalized spacial score (nSPS) is 11.5. The summed E-state index contributed by atoms with van der Waals surface area (Å²) < 4.78 is 5.48. The largest absolute Gasteiger partial charge is 0.444 e. The van der Waals surface area contributed by atoms with Crippen molar-refractivity contribution in [2.24, 2.45) is 0 Å². The minimum Gasteiger partial charge on any atom is -0.444 e. The van der Waals surface area contributed by atoms with E-state index >= 15 is 0 Å². The Morgan fingerprint density at radius 1 is 1.26 bits per heavy atom. The fourth-order valence-corrected chi connectivity index (χ4v) is 2.03. The molecule has 0 aromatic heterocycles. The van der Waals surface area contributed by atoms with Crippen LogP contribution in [0, 0.1) is 11.3 Å². The molecule has 1 rings (SSSR count). The van der Waals surface area contributed by atoms with E-state index in [1.165, 1.54) is 0 Å². The summed E-state index contributed by atoms with van der Waals surface area (Å²) in [6.07, 6.45) is -0.322. The summed E-state index contributed by atoms with van der Waals surface area (Å²) in [5, 5.41) is 12.2. The van der Waals surface area contributed by atoms with Gasteiger partial charge in [-0.25, -0.2) is 4.79 Å². The first kappa shape index (κ1) is 18.8. The molecule has 0 aliphatic carbocycles. The summed E-state index contributed by atoms with van der Waals surface area (Å²) in [4.78, 5) is 14.1. The van der Waals surface area contributed by atoms with E-state index < -0.39 is 5.60 Å². The fraction of sp³-hybridized carbons (Fsp3) is 0.556. The van der Waals surface area contributed by atoms with E-state index in [-0.39, 0.29) is 11.6 Å². The quantitative estimate of drug-likeness (QED) is 0.911.